The first-order valence-electron chi connectivity index (χ1n) is 4.34. The van der Waals surface area contributed by atoms with Crippen LogP contribution in [0.5, 0.6) is 0 Å². The Morgan fingerprint density at radius 1 is 1.58 bits per heavy atom. The predicted molar refractivity (Wildman–Crippen MR) is 49.9 cm³/mol. The minimum Gasteiger partial charge on any atom is -0.315 e. The molecule has 0 aliphatic heterocycles. The zero-order chi connectivity index (χ0) is 9.41. The highest BCUT2D eigenvalue weighted by atomic mass is 32.2. The van der Waals surface area contributed by atoms with Gasteiger partial charge in [0.25, 0.3) is 0 Å². The smallest absolute Gasteiger partial charge is 0.154 e. The third-order valence-electron chi connectivity index (χ3n) is 2.80. The maximum absolute atomic E-state index is 11.4. The minimum atomic E-state index is -2.88. The second kappa shape index (κ2) is 3.00. The topological polar surface area (TPSA) is 46.2 Å². The number of rotatable bonds is 4. The molecule has 0 bridgehead atoms. The van der Waals surface area contributed by atoms with Crippen LogP contribution in [0.2, 0.25) is 0 Å². The van der Waals surface area contributed by atoms with Crippen molar-refractivity contribution in [3.63, 3.8) is 0 Å². The van der Waals surface area contributed by atoms with Crippen molar-refractivity contribution in [2.45, 2.75) is 25.0 Å². The van der Waals surface area contributed by atoms with Gasteiger partial charge in [-0.25, -0.2) is 8.42 Å². The summed E-state index contributed by atoms with van der Waals surface area (Å²) in [5.74, 6) is 0.326. The lowest BCUT2D eigenvalue weighted by atomic mass is 10.3. The second-order valence-corrected chi connectivity index (χ2v) is 6.08. The van der Waals surface area contributed by atoms with Gasteiger partial charge in [0.15, 0.2) is 9.84 Å². The molecule has 0 saturated heterocycles. The average molecular weight is 191 g/mol. The van der Waals surface area contributed by atoms with Gasteiger partial charge in [-0.1, -0.05) is 13.8 Å². The largest absolute Gasteiger partial charge is 0.315 e. The van der Waals surface area contributed by atoms with E-state index in [-0.39, 0.29) is 0 Å². The van der Waals surface area contributed by atoms with Crippen LogP contribution >= 0.6 is 0 Å². The summed E-state index contributed by atoms with van der Waals surface area (Å²) in [4.78, 5) is 0. The molecule has 4 heteroatoms. The summed E-state index contributed by atoms with van der Waals surface area (Å²) >= 11 is 0. The molecule has 0 radical (unpaired) electrons. The first-order valence-corrected chi connectivity index (χ1v) is 6.23. The standard InChI is InChI=1S/C8H17NO2S/c1-4-9-6-8(5-7(8)2)12(3,10)11/h7,9H,4-6H2,1-3H3. The Morgan fingerprint density at radius 2 is 2.08 bits per heavy atom. The first kappa shape index (κ1) is 9.99. The fraction of sp³-hybridized carbons (Fsp3) is 1.00. The summed E-state index contributed by atoms with van der Waals surface area (Å²) in [7, 11) is -2.88. The zero-order valence-electron chi connectivity index (χ0n) is 7.92. The highest BCUT2D eigenvalue weighted by Gasteiger charge is 2.58. The van der Waals surface area contributed by atoms with E-state index in [4.69, 9.17) is 0 Å². The van der Waals surface area contributed by atoms with Crippen molar-refractivity contribution in [1.29, 1.82) is 0 Å². The number of sulfone groups is 1. The normalized spacial score (nSPS) is 35.1. The summed E-state index contributed by atoms with van der Waals surface area (Å²) in [5, 5.41) is 3.11. The Labute approximate surface area is 74.5 Å². The molecule has 1 rings (SSSR count). The lowest BCUT2D eigenvalue weighted by molar-refractivity contribution is 0.559. The molecule has 0 heterocycles. The molecule has 0 aromatic rings. The number of hydrogen-bond donors (Lipinski definition) is 1. The highest BCUT2D eigenvalue weighted by molar-refractivity contribution is 7.92. The molecule has 1 aliphatic carbocycles. The van der Waals surface area contributed by atoms with Gasteiger partial charge in [-0.05, 0) is 18.9 Å². The fourth-order valence-electron chi connectivity index (χ4n) is 1.69. The van der Waals surface area contributed by atoms with E-state index in [0.717, 1.165) is 13.0 Å². The Hall–Kier alpha value is -0.0900. The molecule has 0 amide bonds. The summed E-state index contributed by atoms with van der Waals surface area (Å²) in [5.41, 5.74) is 0. The molecular weight excluding hydrogens is 174 g/mol. The number of hydrogen-bond acceptors (Lipinski definition) is 3. The van der Waals surface area contributed by atoms with E-state index in [9.17, 15) is 8.42 Å². The maximum atomic E-state index is 11.4. The van der Waals surface area contributed by atoms with Gasteiger partial charge in [0, 0.05) is 12.8 Å². The van der Waals surface area contributed by atoms with Gasteiger partial charge in [0.2, 0.25) is 0 Å². The third kappa shape index (κ3) is 1.50. The van der Waals surface area contributed by atoms with E-state index in [1.165, 1.54) is 6.26 Å². The Bertz CT molecular complexity index is 260. The highest BCUT2D eigenvalue weighted by Crippen LogP contribution is 2.48. The van der Waals surface area contributed by atoms with Crippen LogP contribution in [0, 0.1) is 5.92 Å². The third-order valence-corrected chi connectivity index (χ3v) is 4.99. The van der Waals surface area contributed by atoms with Gasteiger partial charge in [-0.3, -0.25) is 0 Å². The molecule has 72 valence electrons. The molecule has 0 aromatic carbocycles. The summed E-state index contributed by atoms with van der Waals surface area (Å²) in [6.45, 7) is 5.44. The molecule has 1 aliphatic rings. The van der Waals surface area contributed by atoms with Gasteiger partial charge < -0.3 is 5.32 Å². The van der Waals surface area contributed by atoms with E-state index < -0.39 is 14.6 Å². The molecule has 12 heavy (non-hydrogen) atoms. The van der Waals surface area contributed by atoms with Gasteiger partial charge in [0.1, 0.15) is 0 Å². The molecular formula is C8H17NO2S. The van der Waals surface area contributed by atoms with E-state index >= 15 is 0 Å². The summed E-state index contributed by atoms with van der Waals surface area (Å²) in [6, 6.07) is 0. The van der Waals surface area contributed by atoms with Crippen molar-refractivity contribution >= 4 is 9.84 Å². The molecule has 1 saturated carbocycles. The Morgan fingerprint density at radius 3 is 2.33 bits per heavy atom. The SMILES string of the molecule is CCNCC1(S(C)(=O)=O)CC1C. The van der Waals surface area contributed by atoms with Crippen LogP contribution in [0.25, 0.3) is 0 Å². The Kier molecular flexibility index (Phi) is 2.50. The lowest BCUT2D eigenvalue weighted by Crippen LogP contribution is -2.36. The van der Waals surface area contributed by atoms with Crippen LogP contribution in [-0.4, -0.2) is 32.5 Å². The molecule has 0 spiro atoms. The predicted octanol–water partition coefficient (Wildman–Crippen LogP) is 0.419. The fourth-order valence-corrected chi connectivity index (χ4v) is 3.34. The van der Waals surface area contributed by atoms with Crippen molar-refractivity contribution in [3.05, 3.63) is 0 Å². The van der Waals surface area contributed by atoms with Crippen LogP contribution < -0.4 is 5.32 Å². The minimum absolute atomic E-state index is 0.326. The van der Waals surface area contributed by atoms with E-state index in [1.807, 2.05) is 13.8 Å². The quantitative estimate of drug-likeness (QED) is 0.700. The van der Waals surface area contributed by atoms with Crippen LogP contribution in [0.3, 0.4) is 0 Å². The molecule has 1 fully saturated rings. The van der Waals surface area contributed by atoms with Gasteiger partial charge in [-0.2, -0.15) is 0 Å². The summed E-state index contributed by atoms with van der Waals surface area (Å²) < 4.78 is 22.3. The van der Waals surface area contributed by atoms with Crippen LogP contribution in [0.1, 0.15) is 20.3 Å². The average Bonchev–Trinajstić information content (AvgIpc) is 2.57. The van der Waals surface area contributed by atoms with Crippen molar-refractivity contribution in [1.82, 2.24) is 5.32 Å². The Balaban J connectivity index is 2.67. The van der Waals surface area contributed by atoms with Crippen molar-refractivity contribution < 1.29 is 8.42 Å². The molecule has 1 N–H and O–H groups in total. The van der Waals surface area contributed by atoms with E-state index in [0.29, 0.717) is 12.5 Å². The summed E-state index contributed by atoms with van der Waals surface area (Å²) in [6.07, 6.45) is 2.16. The van der Waals surface area contributed by atoms with Gasteiger partial charge in [0.05, 0.1) is 4.75 Å². The van der Waals surface area contributed by atoms with Crippen molar-refractivity contribution in [3.8, 4) is 0 Å². The van der Waals surface area contributed by atoms with Crippen LogP contribution in [0.15, 0.2) is 0 Å². The second-order valence-electron chi connectivity index (χ2n) is 3.72. The lowest BCUT2D eigenvalue weighted by Gasteiger charge is -2.14. The van der Waals surface area contributed by atoms with Crippen molar-refractivity contribution in [2.24, 2.45) is 5.92 Å². The van der Waals surface area contributed by atoms with E-state index in [2.05, 4.69) is 5.32 Å². The monoisotopic (exact) mass is 191 g/mol. The van der Waals surface area contributed by atoms with Crippen molar-refractivity contribution in [2.75, 3.05) is 19.3 Å². The van der Waals surface area contributed by atoms with Crippen LogP contribution in [-0.2, 0) is 9.84 Å². The number of nitrogens with one attached hydrogen (secondary N) is 1. The van der Waals surface area contributed by atoms with E-state index in [1.54, 1.807) is 0 Å². The maximum Gasteiger partial charge on any atom is 0.154 e. The van der Waals surface area contributed by atoms with Gasteiger partial charge in [-0.15, -0.1) is 0 Å². The first-order chi connectivity index (χ1) is 5.44. The molecule has 2 unspecified atom stereocenters. The zero-order valence-corrected chi connectivity index (χ0v) is 8.74. The molecule has 0 aromatic heterocycles. The molecule has 2 atom stereocenters. The van der Waals surface area contributed by atoms with Crippen LogP contribution in [0.4, 0.5) is 0 Å². The van der Waals surface area contributed by atoms with Gasteiger partial charge >= 0.3 is 0 Å². The molecule has 3 nitrogen and oxygen atoms in total.